The van der Waals surface area contributed by atoms with Crippen LogP contribution < -0.4 is 0 Å². The maximum absolute atomic E-state index is 5.66. The summed E-state index contributed by atoms with van der Waals surface area (Å²) in [4.78, 5) is 0. The molecular formula is C17H26O2. The van der Waals surface area contributed by atoms with E-state index in [1.165, 1.54) is 31.2 Å². The molecule has 0 spiro atoms. The highest BCUT2D eigenvalue weighted by atomic mass is 16.5. The van der Waals surface area contributed by atoms with Crippen molar-refractivity contribution in [2.75, 3.05) is 26.4 Å². The topological polar surface area (TPSA) is 18.5 Å². The Morgan fingerprint density at radius 2 is 1.63 bits per heavy atom. The third-order valence-electron chi connectivity index (χ3n) is 3.80. The van der Waals surface area contributed by atoms with Crippen LogP contribution in [-0.4, -0.2) is 26.4 Å². The minimum absolute atomic E-state index is 0.738. The molecule has 1 aliphatic rings. The van der Waals surface area contributed by atoms with Gasteiger partial charge in [-0.25, -0.2) is 0 Å². The molecule has 0 amide bonds. The lowest BCUT2D eigenvalue weighted by molar-refractivity contribution is 0.0336. The van der Waals surface area contributed by atoms with E-state index in [1.54, 1.807) is 0 Å². The van der Waals surface area contributed by atoms with Crippen LogP contribution in [0.25, 0.3) is 0 Å². The smallest absolute Gasteiger partial charge is 0.0700 e. The summed E-state index contributed by atoms with van der Waals surface area (Å²) in [5.41, 5.74) is 1.39. The van der Waals surface area contributed by atoms with Gasteiger partial charge in [-0.1, -0.05) is 43.2 Å². The molecule has 2 rings (SSSR count). The fourth-order valence-electron chi connectivity index (χ4n) is 2.67. The molecule has 0 radical (unpaired) electrons. The fraction of sp³-hybridized carbons (Fsp3) is 0.647. The summed E-state index contributed by atoms with van der Waals surface area (Å²) in [6.45, 7) is 3.26. The molecule has 106 valence electrons. The number of rotatable bonds is 9. The third-order valence-corrected chi connectivity index (χ3v) is 3.80. The van der Waals surface area contributed by atoms with E-state index in [2.05, 4.69) is 30.3 Å². The highest BCUT2D eigenvalue weighted by Crippen LogP contribution is 2.24. The SMILES string of the molecule is c1ccc(CCCOCCOCC2CCCC2)cc1. The van der Waals surface area contributed by atoms with Gasteiger partial charge in [0, 0.05) is 13.2 Å². The van der Waals surface area contributed by atoms with Gasteiger partial charge in [0.15, 0.2) is 0 Å². The lowest BCUT2D eigenvalue weighted by Gasteiger charge is -2.10. The van der Waals surface area contributed by atoms with Gasteiger partial charge < -0.3 is 9.47 Å². The molecule has 1 aromatic rings. The van der Waals surface area contributed by atoms with Gasteiger partial charge in [0.25, 0.3) is 0 Å². The molecule has 1 aliphatic carbocycles. The number of ether oxygens (including phenoxy) is 2. The van der Waals surface area contributed by atoms with Crippen molar-refractivity contribution in [2.45, 2.75) is 38.5 Å². The first kappa shape index (κ1) is 14.5. The summed E-state index contributed by atoms with van der Waals surface area (Å²) < 4.78 is 11.3. The highest BCUT2D eigenvalue weighted by Gasteiger charge is 2.14. The zero-order chi connectivity index (χ0) is 13.2. The van der Waals surface area contributed by atoms with E-state index >= 15 is 0 Å². The van der Waals surface area contributed by atoms with E-state index in [0.29, 0.717) is 0 Å². The Labute approximate surface area is 117 Å². The first-order valence-electron chi connectivity index (χ1n) is 7.64. The van der Waals surface area contributed by atoms with Crippen LogP contribution in [0.4, 0.5) is 0 Å². The van der Waals surface area contributed by atoms with E-state index in [0.717, 1.165) is 45.2 Å². The number of aryl methyl sites for hydroxylation is 1. The number of hydrogen-bond acceptors (Lipinski definition) is 2. The van der Waals surface area contributed by atoms with Crippen molar-refractivity contribution >= 4 is 0 Å². The predicted molar refractivity (Wildman–Crippen MR) is 78.4 cm³/mol. The van der Waals surface area contributed by atoms with Crippen molar-refractivity contribution in [3.05, 3.63) is 35.9 Å². The Kier molecular flexibility index (Phi) is 6.97. The standard InChI is InChI=1S/C17H26O2/c1-2-7-16(8-3-1)11-6-12-18-13-14-19-15-17-9-4-5-10-17/h1-3,7-8,17H,4-6,9-15H2. The minimum Gasteiger partial charge on any atom is -0.379 e. The van der Waals surface area contributed by atoms with Crippen LogP contribution in [0.5, 0.6) is 0 Å². The Morgan fingerprint density at radius 1 is 0.895 bits per heavy atom. The zero-order valence-electron chi connectivity index (χ0n) is 11.9. The van der Waals surface area contributed by atoms with Gasteiger partial charge in [-0.3, -0.25) is 0 Å². The van der Waals surface area contributed by atoms with Crippen LogP contribution >= 0.6 is 0 Å². The first-order chi connectivity index (χ1) is 9.45. The van der Waals surface area contributed by atoms with Crippen LogP contribution in [0.2, 0.25) is 0 Å². The van der Waals surface area contributed by atoms with E-state index in [-0.39, 0.29) is 0 Å². The van der Waals surface area contributed by atoms with Crippen molar-refractivity contribution in [3.8, 4) is 0 Å². The van der Waals surface area contributed by atoms with E-state index in [4.69, 9.17) is 9.47 Å². The largest absolute Gasteiger partial charge is 0.379 e. The Hall–Kier alpha value is -0.860. The fourth-order valence-corrected chi connectivity index (χ4v) is 2.67. The molecule has 0 heterocycles. The highest BCUT2D eigenvalue weighted by molar-refractivity contribution is 5.14. The summed E-state index contributed by atoms with van der Waals surface area (Å²) in [6, 6.07) is 10.6. The van der Waals surface area contributed by atoms with Crippen LogP contribution in [0.15, 0.2) is 30.3 Å². The van der Waals surface area contributed by atoms with Crippen molar-refractivity contribution in [1.82, 2.24) is 0 Å². The lowest BCUT2D eigenvalue weighted by atomic mass is 10.1. The Balaban J connectivity index is 1.38. The van der Waals surface area contributed by atoms with Crippen LogP contribution in [0.1, 0.15) is 37.7 Å². The molecule has 0 aliphatic heterocycles. The number of benzene rings is 1. The predicted octanol–water partition coefficient (Wildman–Crippen LogP) is 3.84. The average molecular weight is 262 g/mol. The maximum atomic E-state index is 5.66. The maximum Gasteiger partial charge on any atom is 0.0700 e. The van der Waals surface area contributed by atoms with Crippen LogP contribution in [0, 0.1) is 5.92 Å². The van der Waals surface area contributed by atoms with E-state index < -0.39 is 0 Å². The van der Waals surface area contributed by atoms with Gasteiger partial charge in [-0.05, 0) is 37.2 Å². The van der Waals surface area contributed by atoms with Gasteiger partial charge in [0.2, 0.25) is 0 Å². The Bertz CT molecular complexity index is 317. The molecule has 1 fully saturated rings. The van der Waals surface area contributed by atoms with Crippen LogP contribution in [0.3, 0.4) is 0 Å². The second kappa shape index (κ2) is 9.11. The first-order valence-corrected chi connectivity index (χ1v) is 7.64. The Morgan fingerprint density at radius 3 is 2.42 bits per heavy atom. The summed E-state index contributed by atoms with van der Waals surface area (Å²) in [6.07, 6.45) is 7.69. The third kappa shape index (κ3) is 6.22. The summed E-state index contributed by atoms with van der Waals surface area (Å²) >= 11 is 0. The second-order valence-corrected chi connectivity index (χ2v) is 5.43. The monoisotopic (exact) mass is 262 g/mol. The molecule has 0 unspecified atom stereocenters. The van der Waals surface area contributed by atoms with Gasteiger partial charge in [0.1, 0.15) is 0 Å². The number of hydrogen-bond donors (Lipinski definition) is 0. The normalized spacial score (nSPS) is 16.0. The summed E-state index contributed by atoms with van der Waals surface area (Å²) in [7, 11) is 0. The molecule has 2 nitrogen and oxygen atoms in total. The molecule has 1 saturated carbocycles. The van der Waals surface area contributed by atoms with Gasteiger partial charge in [-0.15, -0.1) is 0 Å². The van der Waals surface area contributed by atoms with E-state index in [9.17, 15) is 0 Å². The molecule has 0 saturated heterocycles. The second-order valence-electron chi connectivity index (χ2n) is 5.43. The molecule has 19 heavy (non-hydrogen) atoms. The van der Waals surface area contributed by atoms with Gasteiger partial charge in [-0.2, -0.15) is 0 Å². The molecule has 0 bridgehead atoms. The summed E-state index contributed by atoms with van der Waals surface area (Å²) in [5, 5.41) is 0. The van der Waals surface area contributed by atoms with Gasteiger partial charge in [0.05, 0.1) is 13.2 Å². The van der Waals surface area contributed by atoms with Gasteiger partial charge >= 0.3 is 0 Å². The quantitative estimate of drug-likeness (QED) is 0.629. The molecule has 2 heteroatoms. The van der Waals surface area contributed by atoms with Crippen LogP contribution in [-0.2, 0) is 15.9 Å². The van der Waals surface area contributed by atoms with Crippen molar-refractivity contribution in [1.29, 1.82) is 0 Å². The van der Waals surface area contributed by atoms with Crippen molar-refractivity contribution in [3.63, 3.8) is 0 Å². The average Bonchev–Trinajstić information content (AvgIpc) is 2.96. The van der Waals surface area contributed by atoms with Crippen molar-refractivity contribution < 1.29 is 9.47 Å². The molecule has 1 aromatic carbocycles. The lowest BCUT2D eigenvalue weighted by Crippen LogP contribution is -2.11. The molecule has 0 N–H and O–H groups in total. The van der Waals surface area contributed by atoms with E-state index in [1.807, 2.05) is 0 Å². The molecular weight excluding hydrogens is 236 g/mol. The molecule has 0 atom stereocenters. The minimum atomic E-state index is 0.738. The summed E-state index contributed by atoms with van der Waals surface area (Å²) in [5.74, 6) is 0.818. The zero-order valence-corrected chi connectivity index (χ0v) is 11.9. The van der Waals surface area contributed by atoms with Crippen molar-refractivity contribution in [2.24, 2.45) is 5.92 Å². The molecule has 0 aromatic heterocycles.